The maximum Gasteiger partial charge on any atom is 0.305 e. The van der Waals surface area contributed by atoms with Crippen molar-refractivity contribution in [3.63, 3.8) is 0 Å². The van der Waals surface area contributed by atoms with Crippen LogP contribution in [0.5, 0.6) is 0 Å². The van der Waals surface area contributed by atoms with Crippen molar-refractivity contribution in [2.24, 2.45) is 0 Å². The van der Waals surface area contributed by atoms with Crippen LogP contribution < -0.4 is 0 Å². The van der Waals surface area contributed by atoms with Gasteiger partial charge in [0.2, 0.25) is 0 Å². The molecule has 0 aliphatic carbocycles. The highest BCUT2D eigenvalue weighted by molar-refractivity contribution is 5.69. The van der Waals surface area contributed by atoms with Gasteiger partial charge in [-0.05, 0) is 44.9 Å². The van der Waals surface area contributed by atoms with Gasteiger partial charge in [-0.3, -0.25) is 9.59 Å². The lowest BCUT2D eigenvalue weighted by Gasteiger charge is -2.12. The molecule has 2 atom stereocenters. The van der Waals surface area contributed by atoms with Crippen LogP contribution in [0.4, 0.5) is 0 Å². The zero-order valence-corrected chi connectivity index (χ0v) is 33.4. The molecule has 1 unspecified atom stereocenters. The van der Waals surface area contributed by atoms with E-state index in [9.17, 15) is 19.8 Å². The molecule has 6 nitrogen and oxygen atoms in total. The second kappa shape index (κ2) is 41.1. The summed E-state index contributed by atoms with van der Waals surface area (Å²) in [5.74, 6) is -0.837. The molecular weight excluding hydrogens is 648 g/mol. The third-order valence-electron chi connectivity index (χ3n) is 8.82. The molecule has 0 aromatic rings. The Balaban J connectivity index is 3.64. The van der Waals surface area contributed by atoms with E-state index in [1.807, 2.05) is 12.2 Å². The molecule has 6 heteroatoms. The van der Waals surface area contributed by atoms with Gasteiger partial charge < -0.3 is 19.7 Å². The summed E-state index contributed by atoms with van der Waals surface area (Å²) in [5.41, 5.74) is 0. The Hall–Kier alpha value is -2.70. The molecule has 0 saturated heterocycles. The Morgan fingerprint density at radius 2 is 0.865 bits per heavy atom. The second-order valence-electron chi connectivity index (χ2n) is 13.9. The highest BCUT2D eigenvalue weighted by Crippen LogP contribution is 2.15. The summed E-state index contributed by atoms with van der Waals surface area (Å²) >= 11 is 0. The average molecular weight is 727 g/mol. The monoisotopic (exact) mass is 727 g/mol. The van der Waals surface area contributed by atoms with Gasteiger partial charge in [-0.25, -0.2) is 0 Å². The lowest BCUT2D eigenvalue weighted by Crippen LogP contribution is -2.25. The van der Waals surface area contributed by atoms with Crippen LogP contribution in [0.15, 0.2) is 72.9 Å². The summed E-state index contributed by atoms with van der Waals surface area (Å²) in [4.78, 5) is 24.0. The molecule has 0 aliphatic heterocycles. The zero-order chi connectivity index (χ0) is 38.0. The summed E-state index contributed by atoms with van der Waals surface area (Å²) in [5, 5.41) is 20.1. The van der Waals surface area contributed by atoms with Gasteiger partial charge in [0.15, 0.2) is 0 Å². The SMILES string of the molecule is CC/C=C\C/C=C\C/C=C\C/C=C\C/C=C\C=C/C(O)CCC(=O)OC[C@H](O)COC(=O)CCCCCCCCCCCCCCCCCCCC. The van der Waals surface area contributed by atoms with Crippen molar-refractivity contribution in [1.82, 2.24) is 0 Å². The van der Waals surface area contributed by atoms with Gasteiger partial charge in [-0.2, -0.15) is 0 Å². The smallest absolute Gasteiger partial charge is 0.305 e. The Labute approximate surface area is 319 Å². The number of carbonyl (C=O) groups excluding carboxylic acids is 2. The summed E-state index contributed by atoms with van der Waals surface area (Å²) in [6.45, 7) is 3.98. The van der Waals surface area contributed by atoms with Crippen LogP contribution in [0.25, 0.3) is 0 Å². The largest absolute Gasteiger partial charge is 0.463 e. The topological polar surface area (TPSA) is 93.1 Å². The number of esters is 2. The predicted octanol–water partition coefficient (Wildman–Crippen LogP) is 12.3. The first-order valence-electron chi connectivity index (χ1n) is 21.1. The van der Waals surface area contributed by atoms with Gasteiger partial charge >= 0.3 is 11.9 Å². The standard InChI is InChI=1S/C46H78O6/c1-3-5-7-9-11-13-15-17-19-21-22-24-26-28-30-32-34-36-38-45(49)51-41-44(48)42-52-46(50)40-39-43(47)37-35-33-31-29-27-25-23-20-18-16-14-12-10-8-6-4-2/h6,8,12,14,18,20,25,27,31,33,35,37,43-44,47-48H,3-5,7,9-11,13,15-17,19,21-24,26,28-30,32,34,36,38-42H2,1-2H3/b8-6-,14-12-,20-18-,27-25-,33-31-,37-35-/t43?,44-/m1/s1. The van der Waals surface area contributed by atoms with Gasteiger partial charge in [-0.1, -0.05) is 196 Å². The third-order valence-corrected chi connectivity index (χ3v) is 8.82. The summed E-state index contributed by atoms with van der Waals surface area (Å²) in [6.07, 6.45) is 51.5. The van der Waals surface area contributed by atoms with Gasteiger partial charge in [0, 0.05) is 12.8 Å². The number of hydrogen-bond acceptors (Lipinski definition) is 6. The fraction of sp³-hybridized carbons (Fsp3) is 0.696. The van der Waals surface area contributed by atoms with E-state index in [-0.39, 0.29) is 32.0 Å². The van der Waals surface area contributed by atoms with Crippen LogP contribution >= 0.6 is 0 Å². The van der Waals surface area contributed by atoms with Gasteiger partial charge in [-0.15, -0.1) is 0 Å². The van der Waals surface area contributed by atoms with Crippen LogP contribution in [-0.2, 0) is 19.1 Å². The van der Waals surface area contributed by atoms with Gasteiger partial charge in [0.25, 0.3) is 0 Å². The minimum absolute atomic E-state index is 0.0308. The number of rotatable bonds is 37. The van der Waals surface area contributed by atoms with E-state index in [1.165, 1.54) is 96.3 Å². The van der Waals surface area contributed by atoms with Crippen molar-refractivity contribution in [1.29, 1.82) is 0 Å². The zero-order valence-electron chi connectivity index (χ0n) is 33.4. The number of aliphatic hydroxyl groups excluding tert-OH is 2. The fourth-order valence-electron chi connectivity index (χ4n) is 5.61. The van der Waals surface area contributed by atoms with Gasteiger partial charge in [0.1, 0.15) is 19.3 Å². The Morgan fingerprint density at radius 1 is 0.481 bits per heavy atom. The van der Waals surface area contributed by atoms with Crippen LogP contribution in [-0.4, -0.2) is 47.6 Å². The maximum atomic E-state index is 12.0. The molecule has 0 radical (unpaired) electrons. The number of ether oxygens (including phenoxy) is 2. The number of carbonyl (C=O) groups is 2. The van der Waals surface area contributed by atoms with Crippen LogP contribution in [0.3, 0.4) is 0 Å². The molecule has 0 rings (SSSR count). The van der Waals surface area contributed by atoms with Crippen LogP contribution in [0, 0.1) is 0 Å². The minimum atomic E-state index is -1.06. The third kappa shape index (κ3) is 40.1. The lowest BCUT2D eigenvalue weighted by molar-refractivity contribution is -0.152. The Kier molecular flexibility index (Phi) is 38.9. The van der Waals surface area contributed by atoms with Gasteiger partial charge in [0.05, 0.1) is 6.10 Å². The Morgan fingerprint density at radius 3 is 1.31 bits per heavy atom. The summed E-state index contributed by atoms with van der Waals surface area (Å²) in [6, 6.07) is 0. The molecule has 0 saturated carbocycles. The van der Waals surface area contributed by atoms with E-state index in [2.05, 4.69) is 62.5 Å². The number of aliphatic hydroxyl groups is 2. The van der Waals surface area contributed by atoms with E-state index in [1.54, 1.807) is 12.2 Å². The van der Waals surface area contributed by atoms with Crippen molar-refractivity contribution < 1.29 is 29.3 Å². The number of hydrogen-bond donors (Lipinski definition) is 2. The molecule has 0 amide bonds. The summed E-state index contributed by atoms with van der Waals surface area (Å²) < 4.78 is 10.2. The van der Waals surface area contributed by atoms with E-state index in [4.69, 9.17) is 9.47 Å². The molecule has 0 heterocycles. The van der Waals surface area contributed by atoms with E-state index < -0.39 is 18.2 Å². The van der Waals surface area contributed by atoms with Crippen molar-refractivity contribution in [2.45, 2.75) is 193 Å². The molecule has 0 aliphatic rings. The number of unbranched alkanes of at least 4 members (excludes halogenated alkanes) is 17. The van der Waals surface area contributed by atoms with Crippen molar-refractivity contribution in [2.75, 3.05) is 13.2 Å². The molecule has 0 spiro atoms. The maximum absolute atomic E-state index is 12.0. The molecule has 2 N–H and O–H groups in total. The molecular formula is C46H78O6. The average Bonchev–Trinajstić information content (AvgIpc) is 3.14. The van der Waals surface area contributed by atoms with E-state index in [0.29, 0.717) is 6.42 Å². The molecule has 0 bridgehead atoms. The summed E-state index contributed by atoms with van der Waals surface area (Å²) in [7, 11) is 0. The van der Waals surface area contributed by atoms with Crippen molar-refractivity contribution in [3.05, 3.63) is 72.9 Å². The Bertz CT molecular complexity index is 975. The van der Waals surface area contributed by atoms with Crippen molar-refractivity contribution >= 4 is 11.9 Å². The molecule has 52 heavy (non-hydrogen) atoms. The van der Waals surface area contributed by atoms with E-state index >= 15 is 0 Å². The fourth-order valence-corrected chi connectivity index (χ4v) is 5.61. The van der Waals surface area contributed by atoms with Crippen LogP contribution in [0.1, 0.15) is 181 Å². The highest BCUT2D eigenvalue weighted by atomic mass is 16.6. The van der Waals surface area contributed by atoms with Crippen molar-refractivity contribution in [3.8, 4) is 0 Å². The quantitative estimate of drug-likeness (QED) is 0.0286. The van der Waals surface area contributed by atoms with Crippen LogP contribution in [0.2, 0.25) is 0 Å². The molecule has 0 aromatic carbocycles. The predicted molar refractivity (Wildman–Crippen MR) is 220 cm³/mol. The number of allylic oxidation sites excluding steroid dienone is 11. The molecule has 0 aromatic heterocycles. The lowest BCUT2D eigenvalue weighted by atomic mass is 10.0. The first kappa shape index (κ1) is 49.3. The highest BCUT2D eigenvalue weighted by Gasteiger charge is 2.13. The second-order valence-corrected chi connectivity index (χ2v) is 13.9. The van der Waals surface area contributed by atoms with E-state index in [0.717, 1.165) is 51.4 Å². The first-order chi connectivity index (χ1) is 25.5. The molecule has 298 valence electrons. The molecule has 0 fully saturated rings. The normalized spacial score (nSPS) is 13.5. The minimum Gasteiger partial charge on any atom is -0.463 e. The first-order valence-corrected chi connectivity index (χ1v) is 21.1.